The molecule has 38 heavy (non-hydrogen) atoms. The highest BCUT2D eigenvalue weighted by atomic mass is 32.1. The van der Waals surface area contributed by atoms with Gasteiger partial charge in [-0.1, -0.05) is 86.7 Å². The molecule has 0 spiro atoms. The van der Waals surface area contributed by atoms with Gasteiger partial charge in [0.05, 0.1) is 12.1 Å². The highest BCUT2D eigenvalue weighted by Crippen LogP contribution is 2.10. The summed E-state index contributed by atoms with van der Waals surface area (Å²) in [5, 5.41) is 5.39. The van der Waals surface area contributed by atoms with Crippen LogP contribution in [0.25, 0.3) is 0 Å². The molecule has 2 aromatic rings. The minimum Gasteiger partial charge on any atom is -0.467 e. The summed E-state index contributed by atoms with van der Waals surface area (Å²) in [5.41, 5.74) is 1.99. The number of hydrogen-bond donors (Lipinski definition) is 2. The SMILES string of the molecule is COC(=O)[C@@H](NC(=O)[C@H](CCCCN(C)C(=S)Cc1ccccc1)NC(=O)OCc1ccccc1)C(C)C. The van der Waals surface area contributed by atoms with Gasteiger partial charge in [0.15, 0.2) is 0 Å². The topological polar surface area (TPSA) is 97.0 Å². The lowest BCUT2D eigenvalue weighted by Crippen LogP contribution is -2.53. The Balaban J connectivity index is 1.93. The molecule has 0 fully saturated rings. The van der Waals surface area contributed by atoms with Crippen LogP contribution in [0.5, 0.6) is 0 Å². The van der Waals surface area contributed by atoms with Crippen molar-refractivity contribution in [3.05, 3.63) is 71.8 Å². The van der Waals surface area contributed by atoms with Crippen LogP contribution < -0.4 is 10.6 Å². The van der Waals surface area contributed by atoms with Crippen LogP contribution in [0, 0.1) is 5.92 Å². The lowest BCUT2D eigenvalue weighted by atomic mass is 10.0. The first-order valence-electron chi connectivity index (χ1n) is 12.8. The zero-order valence-corrected chi connectivity index (χ0v) is 23.5. The second-order valence-electron chi connectivity index (χ2n) is 9.49. The summed E-state index contributed by atoms with van der Waals surface area (Å²) in [6.07, 6.45) is 1.78. The van der Waals surface area contributed by atoms with Crippen molar-refractivity contribution < 1.29 is 23.9 Å². The van der Waals surface area contributed by atoms with Crippen LogP contribution in [0.3, 0.4) is 0 Å². The molecule has 9 heteroatoms. The molecule has 0 aliphatic carbocycles. The maximum absolute atomic E-state index is 13.1. The first kappa shape index (κ1) is 30.8. The van der Waals surface area contributed by atoms with E-state index < -0.39 is 30.1 Å². The fraction of sp³-hybridized carbons (Fsp3) is 0.448. The number of ether oxygens (including phenoxy) is 2. The average molecular weight is 542 g/mol. The molecule has 0 radical (unpaired) electrons. The number of carbonyl (C=O) groups is 3. The van der Waals surface area contributed by atoms with E-state index in [1.165, 1.54) is 7.11 Å². The molecule has 206 valence electrons. The lowest BCUT2D eigenvalue weighted by molar-refractivity contribution is -0.146. The van der Waals surface area contributed by atoms with Gasteiger partial charge in [-0.05, 0) is 36.3 Å². The van der Waals surface area contributed by atoms with Crippen molar-refractivity contribution in [3.8, 4) is 0 Å². The zero-order chi connectivity index (χ0) is 27.9. The summed E-state index contributed by atoms with van der Waals surface area (Å²) in [4.78, 5) is 40.6. The van der Waals surface area contributed by atoms with Crippen molar-refractivity contribution in [3.63, 3.8) is 0 Å². The normalized spacial score (nSPS) is 12.2. The molecule has 2 atom stereocenters. The Morgan fingerprint density at radius 3 is 2.11 bits per heavy atom. The van der Waals surface area contributed by atoms with Crippen LogP contribution in [0.15, 0.2) is 60.7 Å². The standard InChI is InChI=1S/C29H39N3O5S/c1-21(2)26(28(34)36-4)31-27(33)24(30-29(35)37-20-23-15-9-6-10-16-23)17-11-12-18-32(3)25(38)19-22-13-7-5-8-14-22/h5-10,13-16,21,24,26H,11-12,17-20H2,1-4H3,(H,30,35)(H,31,33)/t24-,26-/m0/s1. The molecule has 2 N–H and O–H groups in total. The first-order valence-corrected chi connectivity index (χ1v) is 13.2. The summed E-state index contributed by atoms with van der Waals surface area (Å²) in [6.45, 7) is 4.43. The van der Waals surface area contributed by atoms with Crippen molar-refractivity contribution in [1.82, 2.24) is 15.5 Å². The minimum atomic E-state index is -0.870. The van der Waals surface area contributed by atoms with Crippen molar-refractivity contribution >= 4 is 35.2 Å². The van der Waals surface area contributed by atoms with Gasteiger partial charge in [0, 0.05) is 20.0 Å². The number of alkyl carbamates (subject to hydrolysis) is 1. The van der Waals surface area contributed by atoms with E-state index >= 15 is 0 Å². The number of amides is 2. The first-order chi connectivity index (χ1) is 18.2. The third-order valence-electron chi connectivity index (χ3n) is 6.10. The predicted molar refractivity (Wildman–Crippen MR) is 152 cm³/mol. The highest BCUT2D eigenvalue weighted by molar-refractivity contribution is 7.80. The number of methoxy groups -OCH3 is 1. The van der Waals surface area contributed by atoms with Crippen molar-refractivity contribution in [1.29, 1.82) is 0 Å². The Kier molecular flexibility index (Phi) is 13.3. The van der Waals surface area contributed by atoms with Gasteiger partial charge in [0.1, 0.15) is 18.7 Å². The maximum atomic E-state index is 13.1. The summed E-state index contributed by atoms with van der Waals surface area (Å²) >= 11 is 5.58. The van der Waals surface area contributed by atoms with Gasteiger partial charge in [-0.15, -0.1) is 0 Å². The van der Waals surface area contributed by atoms with Crippen molar-refractivity contribution in [2.75, 3.05) is 20.7 Å². The minimum absolute atomic E-state index is 0.0848. The molecule has 0 unspecified atom stereocenters. The second kappa shape index (κ2) is 16.4. The van der Waals surface area contributed by atoms with Gasteiger partial charge in [-0.25, -0.2) is 9.59 Å². The number of benzene rings is 2. The van der Waals surface area contributed by atoms with Crippen molar-refractivity contribution in [2.45, 2.75) is 58.2 Å². The van der Waals surface area contributed by atoms with Gasteiger partial charge >= 0.3 is 12.1 Å². The van der Waals surface area contributed by atoms with Gasteiger partial charge < -0.3 is 25.0 Å². The Hall–Kier alpha value is -3.46. The molecule has 0 aliphatic rings. The number of likely N-dealkylation sites (N-methyl/N-ethyl adjacent to an activating group) is 1. The predicted octanol–water partition coefficient (Wildman–Crippen LogP) is 4.27. The molecular formula is C29H39N3O5S. The van der Waals surface area contributed by atoms with Crippen LogP contribution >= 0.6 is 12.2 Å². The summed E-state index contributed by atoms with van der Waals surface area (Å²) in [5.74, 6) is -1.18. The highest BCUT2D eigenvalue weighted by Gasteiger charge is 2.29. The van der Waals surface area contributed by atoms with E-state index in [1.807, 2.05) is 86.5 Å². The number of rotatable bonds is 14. The van der Waals surface area contributed by atoms with Crippen LogP contribution in [0.4, 0.5) is 4.79 Å². The molecule has 0 aromatic heterocycles. The van der Waals surface area contributed by atoms with Gasteiger partial charge in [-0.2, -0.15) is 0 Å². The average Bonchev–Trinajstić information content (AvgIpc) is 2.92. The molecule has 0 aliphatic heterocycles. The van der Waals surface area contributed by atoms with Crippen LogP contribution in [-0.2, 0) is 32.1 Å². The molecule has 2 amide bonds. The number of nitrogens with zero attached hydrogens (tertiary/aromatic N) is 1. The Bertz CT molecular complexity index is 1030. The molecule has 0 heterocycles. The molecule has 8 nitrogen and oxygen atoms in total. The van der Waals surface area contributed by atoms with E-state index in [-0.39, 0.29) is 12.5 Å². The van der Waals surface area contributed by atoms with E-state index in [4.69, 9.17) is 21.7 Å². The lowest BCUT2D eigenvalue weighted by Gasteiger charge is -2.24. The fourth-order valence-electron chi connectivity index (χ4n) is 3.78. The third kappa shape index (κ3) is 10.9. The number of thiocarbonyl (C=S) groups is 1. The molecule has 2 rings (SSSR count). The Labute approximate surface area is 231 Å². The van der Waals surface area contributed by atoms with Crippen LogP contribution in [0.2, 0.25) is 0 Å². The van der Waals surface area contributed by atoms with E-state index in [0.29, 0.717) is 19.3 Å². The number of nitrogens with one attached hydrogen (secondary N) is 2. The number of esters is 1. The summed E-state index contributed by atoms with van der Waals surface area (Å²) in [7, 11) is 3.23. The zero-order valence-electron chi connectivity index (χ0n) is 22.6. The van der Waals surface area contributed by atoms with E-state index in [1.54, 1.807) is 0 Å². The number of hydrogen-bond acceptors (Lipinski definition) is 6. The van der Waals surface area contributed by atoms with Crippen LogP contribution in [0.1, 0.15) is 44.2 Å². The van der Waals surface area contributed by atoms with Gasteiger partial charge in [-0.3, -0.25) is 4.79 Å². The largest absolute Gasteiger partial charge is 0.467 e. The van der Waals surface area contributed by atoms with Gasteiger partial charge in [0.25, 0.3) is 0 Å². The number of carbonyl (C=O) groups excluding carboxylic acids is 3. The molecule has 2 aromatic carbocycles. The third-order valence-corrected chi connectivity index (χ3v) is 6.56. The van der Waals surface area contributed by atoms with E-state index in [2.05, 4.69) is 10.6 Å². The summed E-state index contributed by atoms with van der Waals surface area (Å²) < 4.78 is 10.1. The van der Waals surface area contributed by atoms with E-state index in [9.17, 15) is 14.4 Å². The van der Waals surface area contributed by atoms with Gasteiger partial charge in [0.2, 0.25) is 5.91 Å². The van der Waals surface area contributed by atoms with Crippen molar-refractivity contribution in [2.24, 2.45) is 5.92 Å². The molecule has 0 bridgehead atoms. The monoisotopic (exact) mass is 541 g/mol. The second-order valence-corrected chi connectivity index (χ2v) is 9.96. The maximum Gasteiger partial charge on any atom is 0.408 e. The quantitative estimate of drug-likeness (QED) is 0.209. The molecular weight excluding hydrogens is 502 g/mol. The molecule has 0 saturated heterocycles. The smallest absolute Gasteiger partial charge is 0.408 e. The fourth-order valence-corrected chi connectivity index (χ4v) is 4.04. The van der Waals surface area contributed by atoms with E-state index in [0.717, 1.165) is 29.1 Å². The molecule has 0 saturated carbocycles. The number of unbranched alkanes of at least 4 members (excludes halogenated alkanes) is 1. The Morgan fingerprint density at radius 1 is 0.921 bits per heavy atom. The van der Waals surface area contributed by atoms with Crippen LogP contribution in [-0.4, -0.2) is 60.6 Å². The Morgan fingerprint density at radius 2 is 1.53 bits per heavy atom. The summed E-state index contributed by atoms with van der Waals surface area (Å²) in [6, 6.07) is 17.6.